The van der Waals surface area contributed by atoms with Gasteiger partial charge in [-0.15, -0.1) is 11.3 Å². The summed E-state index contributed by atoms with van der Waals surface area (Å²) in [5.41, 5.74) is 3.25. The molecule has 1 N–H and O–H groups in total. The topological polar surface area (TPSA) is 67.6 Å². The maximum absolute atomic E-state index is 12.4. The molecule has 2 heterocycles. The van der Waals surface area contributed by atoms with Gasteiger partial charge in [0.15, 0.2) is 0 Å². The molecule has 2 aromatic heterocycles. The summed E-state index contributed by atoms with van der Waals surface area (Å²) in [5, 5.41) is 4.90. The molecule has 6 nitrogen and oxygen atoms in total. The first-order valence-electron chi connectivity index (χ1n) is 8.21. The van der Waals surface area contributed by atoms with E-state index in [-0.39, 0.29) is 11.9 Å². The van der Waals surface area contributed by atoms with Gasteiger partial charge in [0.25, 0.3) is 5.91 Å². The lowest BCUT2D eigenvalue weighted by atomic mass is 10.1. The lowest BCUT2D eigenvalue weighted by Crippen LogP contribution is -2.34. The lowest BCUT2D eigenvalue weighted by Gasteiger charge is -2.22. The van der Waals surface area contributed by atoms with Crippen LogP contribution in [0, 0.1) is 0 Å². The van der Waals surface area contributed by atoms with Crippen LogP contribution in [-0.2, 0) is 6.61 Å². The molecule has 0 saturated heterocycles. The third kappa shape index (κ3) is 4.71. The van der Waals surface area contributed by atoms with Gasteiger partial charge in [0.2, 0.25) is 0 Å². The second-order valence-electron chi connectivity index (χ2n) is 6.00. The van der Waals surface area contributed by atoms with Gasteiger partial charge in [-0.25, -0.2) is 4.98 Å². The van der Waals surface area contributed by atoms with Crippen molar-refractivity contribution < 1.29 is 13.9 Å². The number of hydrogen-bond acceptors (Lipinski definition) is 6. The summed E-state index contributed by atoms with van der Waals surface area (Å²) in [6, 6.07) is 10.8. The van der Waals surface area contributed by atoms with Crippen LogP contribution in [0.15, 0.2) is 58.0 Å². The molecule has 0 bridgehead atoms. The molecule has 1 aromatic carbocycles. The Bertz CT molecular complexity index is 799. The van der Waals surface area contributed by atoms with E-state index >= 15 is 0 Å². The molecule has 136 valence electrons. The molecule has 1 amide bonds. The van der Waals surface area contributed by atoms with Crippen LogP contribution in [0.4, 0.5) is 0 Å². The van der Waals surface area contributed by atoms with E-state index < -0.39 is 0 Å². The first-order chi connectivity index (χ1) is 12.6. The molecule has 0 saturated carbocycles. The molecule has 3 aromatic rings. The molecule has 0 aliphatic carbocycles. The number of likely N-dealkylation sites (N-methyl/N-ethyl adjacent to an activating group) is 1. The Hall–Kier alpha value is -2.64. The predicted octanol–water partition coefficient (Wildman–Crippen LogP) is 3.35. The van der Waals surface area contributed by atoms with E-state index in [4.69, 9.17) is 9.15 Å². The van der Waals surface area contributed by atoms with Crippen LogP contribution in [0.1, 0.15) is 27.9 Å². The maximum Gasteiger partial charge on any atom is 0.251 e. The van der Waals surface area contributed by atoms with Crippen LogP contribution in [0.2, 0.25) is 0 Å². The van der Waals surface area contributed by atoms with Crippen LogP contribution in [0.5, 0.6) is 5.75 Å². The number of ether oxygens (including phenoxy) is 1. The normalized spacial score (nSPS) is 12.1. The molecule has 7 heteroatoms. The van der Waals surface area contributed by atoms with Crippen LogP contribution >= 0.6 is 11.3 Å². The number of nitrogens with zero attached hydrogens (tertiary/aromatic N) is 2. The molecule has 0 fully saturated rings. The molecular weight excluding hydrogens is 350 g/mol. The number of nitrogens with one attached hydrogen (secondary N) is 1. The molecule has 1 unspecified atom stereocenters. The van der Waals surface area contributed by atoms with E-state index in [9.17, 15) is 4.79 Å². The van der Waals surface area contributed by atoms with E-state index in [0.29, 0.717) is 24.5 Å². The van der Waals surface area contributed by atoms with Crippen LogP contribution in [-0.4, -0.2) is 36.4 Å². The Labute approximate surface area is 156 Å². The molecule has 0 aliphatic rings. The summed E-state index contributed by atoms with van der Waals surface area (Å²) in [6.45, 7) is 0.879. The first-order valence-corrected chi connectivity index (χ1v) is 9.15. The molecule has 0 spiro atoms. The number of furan rings is 1. The van der Waals surface area contributed by atoms with Crippen molar-refractivity contribution in [1.82, 2.24) is 15.2 Å². The largest absolute Gasteiger partial charge is 0.487 e. The zero-order chi connectivity index (χ0) is 18.4. The van der Waals surface area contributed by atoms with Gasteiger partial charge in [-0.05, 0) is 50.5 Å². The molecule has 1 atom stereocenters. The van der Waals surface area contributed by atoms with Crippen molar-refractivity contribution in [2.45, 2.75) is 12.6 Å². The number of benzene rings is 1. The summed E-state index contributed by atoms with van der Waals surface area (Å²) in [6.07, 6.45) is 1.64. The summed E-state index contributed by atoms with van der Waals surface area (Å²) in [7, 11) is 3.90. The van der Waals surface area contributed by atoms with Crippen LogP contribution in [0.3, 0.4) is 0 Å². The number of amides is 1. The number of carbonyl (C=O) groups is 1. The Morgan fingerprint density at radius 3 is 2.73 bits per heavy atom. The average Bonchev–Trinajstić information content (AvgIpc) is 3.34. The smallest absolute Gasteiger partial charge is 0.251 e. The number of thiazole rings is 1. The van der Waals surface area contributed by atoms with Crippen LogP contribution in [0.25, 0.3) is 0 Å². The van der Waals surface area contributed by atoms with E-state index in [0.717, 1.165) is 11.5 Å². The Morgan fingerprint density at radius 2 is 2.12 bits per heavy atom. The number of hydrogen-bond donors (Lipinski definition) is 1. The SMILES string of the molecule is CN(C)C(CNC(=O)c1ccc(OCc2cscn2)cc1)c1ccco1. The van der Waals surface area contributed by atoms with Gasteiger partial charge in [-0.1, -0.05) is 0 Å². The minimum atomic E-state index is -0.130. The fraction of sp³-hybridized carbons (Fsp3) is 0.263. The summed E-state index contributed by atoms with van der Waals surface area (Å²) in [4.78, 5) is 18.6. The monoisotopic (exact) mass is 371 g/mol. The van der Waals surface area contributed by atoms with E-state index in [2.05, 4.69) is 10.3 Å². The second-order valence-corrected chi connectivity index (χ2v) is 6.72. The summed E-state index contributed by atoms with van der Waals surface area (Å²) < 4.78 is 11.1. The highest BCUT2D eigenvalue weighted by Crippen LogP contribution is 2.18. The maximum atomic E-state index is 12.4. The first kappa shape index (κ1) is 18.2. The van der Waals surface area contributed by atoms with Crippen molar-refractivity contribution in [2.24, 2.45) is 0 Å². The van der Waals surface area contributed by atoms with Crippen molar-refractivity contribution in [2.75, 3.05) is 20.6 Å². The zero-order valence-corrected chi connectivity index (χ0v) is 15.5. The van der Waals surface area contributed by atoms with Crippen molar-refractivity contribution in [1.29, 1.82) is 0 Å². The third-order valence-corrected chi connectivity index (χ3v) is 4.57. The molecule has 26 heavy (non-hydrogen) atoms. The summed E-state index contributed by atoms with van der Waals surface area (Å²) >= 11 is 1.54. The van der Waals surface area contributed by atoms with Gasteiger partial charge in [0.05, 0.1) is 23.5 Å². The standard InChI is InChI=1S/C19H21N3O3S/c1-22(2)17(18-4-3-9-24-18)10-20-19(23)14-5-7-16(8-6-14)25-11-15-12-26-13-21-15/h3-9,12-13,17H,10-11H2,1-2H3,(H,20,23). The third-order valence-electron chi connectivity index (χ3n) is 3.94. The van der Waals surface area contributed by atoms with Gasteiger partial charge < -0.3 is 14.5 Å². The minimum Gasteiger partial charge on any atom is -0.487 e. The van der Waals surface area contributed by atoms with E-state index in [1.807, 2.05) is 36.5 Å². The van der Waals surface area contributed by atoms with Crippen molar-refractivity contribution in [3.8, 4) is 5.75 Å². The van der Waals surface area contributed by atoms with Crippen molar-refractivity contribution in [3.05, 3.63) is 70.6 Å². The quantitative estimate of drug-likeness (QED) is 0.658. The summed E-state index contributed by atoms with van der Waals surface area (Å²) in [5.74, 6) is 1.40. The second kappa shape index (κ2) is 8.64. The molecule has 0 aliphatic heterocycles. The highest BCUT2D eigenvalue weighted by atomic mass is 32.1. The Kier molecular flexibility index (Phi) is 6.04. The fourth-order valence-electron chi connectivity index (χ4n) is 2.48. The predicted molar refractivity (Wildman–Crippen MR) is 100 cm³/mol. The van der Waals surface area contributed by atoms with Gasteiger partial charge in [-0.2, -0.15) is 0 Å². The van der Waals surface area contributed by atoms with Gasteiger partial charge >= 0.3 is 0 Å². The highest BCUT2D eigenvalue weighted by molar-refractivity contribution is 7.07. The zero-order valence-electron chi connectivity index (χ0n) is 14.7. The molecule has 3 rings (SSSR count). The van der Waals surface area contributed by atoms with E-state index in [1.54, 1.807) is 36.0 Å². The Morgan fingerprint density at radius 1 is 1.31 bits per heavy atom. The average molecular weight is 371 g/mol. The van der Waals surface area contributed by atoms with Crippen molar-refractivity contribution >= 4 is 17.2 Å². The van der Waals surface area contributed by atoms with Crippen LogP contribution < -0.4 is 10.1 Å². The molecule has 0 radical (unpaired) electrons. The highest BCUT2D eigenvalue weighted by Gasteiger charge is 2.18. The van der Waals surface area contributed by atoms with E-state index in [1.165, 1.54) is 11.3 Å². The van der Waals surface area contributed by atoms with Gasteiger partial charge in [-0.3, -0.25) is 9.69 Å². The van der Waals surface area contributed by atoms with Crippen molar-refractivity contribution in [3.63, 3.8) is 0 Å². The number of rotatable bonds is 8. The lowest BCUT2D eigenvalue weighted by molar-refractivity contribution is 0.0939. The Balaban J connectivity index is 1.54. The fourth-order valence-corrected chi connectivity index (χ4v) is 3.02. The number of carbonyl (C=O) groups excluding carboxylic acids is 1. The minimum absolute atomic E-state index is 0.0188. The molecular formula is C19H21N3O3S. The number of aromatic nitrogens is 1. The van der Waals surface area contributed by atoms with Gasteiger partial charge in [0.1, 0.15) is 18.1 Å². The van der Waals surface area contributed by atoms with Gasteiger partial charge in [0, 0.05) is 17.5 Å².